The van der Waals surface area contributed by atoms with Crippen LogP contribution in [0.3, 0.4) is 0 Å². The molecule has 7 aromatic carbocycles. The summed E-state index contributed by atoms with van der Waals surface area (Å²) in [6.07, 6.45) is 4.09. The van der Waals surface area contributed by atoms with Crippen LogP contribution in [0.1, 0.15) is 0 Å². The number of aromatic nitrogens is 2. The number of rotatable bonds is 4. The van der Waals surface area contributed by atoms with Gasteiger partial charge < -0.3 is 18.1 Å². The van der Waals surface area contributed by atoms with E-state index < -0.39 is 0 Å². The van der Waals surface area contributed by atoms with Gasteiger partial charge in [0.15, 0.2) is 0 Å². The van der Waals surface area contributed by atoms with E-state index in [0.717, 1.165) is 77.8 Å². The topological polar surface area (TPSA) is 46.8 Å². The number of hydrogen-bond donors (Lipinski definition) is 0. The van der Waals surface area contributed by atoms with Gasteiger partial charge in [-0.15, -0.1) is 0 Å². The van der Waals surface area contributed by atoms with Gasteiger partial charge in [0.2, 0.25) is 0 Å². The Morgan fingerprint density at radius 1 is 0.440 bits per heavy atom. The summed E-state index contributed by atoms with van der Waals surface area (Å²) in [7, 11) is 0. The van der Waals surface area contributed by atoms with Crippen molar-refractivity contribution >= 4 is 88.1 Å². The molecule has 0 radical (unpaired) electrons. The van der Waals surface area contributed by atoms with Crippen LogP contribution in [0, 0.1) is 0 Å². The maximum atomic E-state index is 6.52. The minimum Gasteiger partial charge on any atom is -0.456 e. The Hall–Kier alpha value is -6.85. The molecule has 0 spiro atoms. The van der Waals surface area contributed by atoms with E-state index in [9.17, 15) is 0 Å². The lowest BCUT2D eigenvalue weighted by molar-refractivity contribution is 0.669. The van der Waals surface area contributed by atoms with Crippen molar-refractivity contribution in [2.75, 3.05) is 4.90 Å². The molecule has 0 unspecified atom stereocenters. The molecule has 4 heterocycles. The molecule has 0 fully saturated rings. The van der Waals surface area contributed by atoms with Crippen molar-refractivity contribution in [2.45, 2.75) is 0 Å². The molecule has 0 aliphatic rings. The lowest BCUT2D eigenvalue weighted by Gasteiger charge is -2.25. The first kappa shape index (κ1) is 27.1. The minimum atomic E-state index is 0.843. The molecule has 234 valence electrons. The molecule has 0 atom stereocenters. The van der Waals surface area contributed by atoms with E-state index in [1.807, 2.05) is 28.8 Å². The zero-order valence-corrected chi connectivity index (χ0v) is 26.7. The molecule has 11 rings (SSSR count). The van der Waals surface area contributed by atoms with E-state index in [0.29, 0.717) is 0 Å². The molecule has 5 nitrogen and oxygen atoms in total. The zero-order valence-electron chi connectivity index (χ0n) is 26.7. The summed E-state index contributed by atoms with van der Waals surface area (Å²) < 4.78 is 15.1. The highest BCUT2D eigenvalue weighted by atomic mass is 16.3. The number of fused-ring (bicyclic) bond motifs is 9. The highest BCUT2D eigenvalue weighted by Gasteiger charge is 2.19. The fraction of sp³-hybridized carbons (Fsp3) is 0. The summed E-state index contributed by atoms with van der Waals surface area (Å²) in [5, 5.41) is 9.15. The monoisotopic (exact) mass is 641 g/mol. The highest BCUT2D eigenvalue weighted by Crippen LogP contribution is 2.42. The molecular formula is C45H27N3O2. The van der Waals surface area contributed by atoms with Crippen molar-refractivity contribution in [3.63, 3.8) is 0 Å². The third-order valence-corrected chi connectivity index (χ3v) is 9.95. The lowest BCUT2D eigenvalue weighted by Crippen LogP contribution is -2.09. The van der Waals surface area contributed by atoms with Crippen molar-refractivity contribution < 1.29 is 8.83 Å². The molecule has 0 saturated heterocycles. The second-order valence-corrected chi connectivity index (χ2v) is 12.9. The van der Waals surface area contributed by atoms with Gasteiger partial charge in [-0.2, -0.15) is 0 Å². The Morgan fingerprint density at radius 2 is 0.940 bits per heavy atom. The molecule has 11 aromatic rings. The summed E-state index contributed by atoms with van der Waals surface area (Å²) in [4.78, 5) is 7.11. The molecular weight excluding hydrogens is 615 g/mol. The molecule has 4 aromatic heterocycles. The van der Waals surface area contributed by atoms with Gasteiger partial charge in [-0.05, 0) is 94.3 Å². The van der Waals surface area contributed by atoms with Crippen LogP contribution in [0.15, 0.2) is 173 Å². The van der Waals surface area contributed by atoms with E-state index in [1.165, 1.54) is 21.5 Å². The first-order chi connectivity index (χ1) is 24.7. The van der Waals surface area contributed by atoms with Gasteiger partial charge in [0, 0.05) is 68.7 Å². The fourth-order valence-corrected chi connectivity index (χ4v) is 7.48. The number of imidazole rings is 1. The molecule has 50 heavy (non-hydrogen) atoms. The van der Waals surface area contributed by atoms with Gasteiger partial charge in [-0.1, -0.05) is 66.7 Å². The zero-order chi connectivity index (χ0) is 32.8. The van der Waals surface area contributed by atoms with Crippen LogP contribution < -0.4 is 4.90 Å². The molecule has 0 bridgehead atoms. The summed E-state index contributed by atoms with van der Waals surface area (Å²) in [6.45, 7) is 0. The number of benzene rings is 7. The maximum Gasteiger partial charge on any atom is 0.137 e. The van der Waals surface area contributed by atoms with Gasteiger partial charge in [0.05, 0.1) is 5.69 Å². The fourth-order valence-electron chi connectivity index (χ4n) is 7.48. The predicted molar refractivity (Wildman–Crippen MR) is 205 cm³/mol. The predicted octanol–water partition coefficient (Wildman–Crippen LogP) is 12.6. The Morgan fingerprint density at radius 3 is 1.50 bits per heavy atom. The molecule has 5 heteroatoms. The van der Waals surface area contributed by atoms with Gasteiger partial charge in [-0.25, -0.2) is 4.98 Å². The average Bonchev–Trinajstić information content (AvgIpc) is 3.85. The first-order valence-electron chi connectivity index (χ1n) is 16.8. The van der Waals surface area contributed by atoms with E-state index in [1.54, 1.807) is 0 Å². The Kier molecular flexibility index (Phi) is 5.60. The number of anilines is 3. The van der Waals surface area contributed by atoms with Crippen LogP contribution in [0.4, 0.5) is 17.1 Å². The Balaban J connectivity index is 1.08. The highest BCUT2D eigenvalue weighted by molar-refractivity contribution is 6.12. The maximum absolute atomic E-state index is 6.52. The second-order valence-electron chi connectivity index (χ2n) is 12.9. The molecule has 0 amide bonds. The average molecular weight is 642 g/mol. The van der Waals surface area contributed by atoms with Crippen LogP contribution in [-0.2, 0) is 0 Å². The number of pyridine rings is 1. The van der Waals surface area contributed by atoms with E-state index >= 15 is 0 Å². The van der Waals surface area contributed by atoms with Crippen molar-refractivity contribution in [3.8, 4) is 11.3 Å². The molecule has 0 saturated carbocycles. The first-order valence-corrected chi connectivity index (χ1v) is 16.8. The molecule has 0 N–H and O–H groups in total. The van der Waals surface area contributed by atoms with Crippen LogP contribution in [-0.4, -0.2) is 9.38 Å². The van der Waals surface area contributed by atoms with E-state index in [4.69, 9.17) is 13.8 Å². The summed E-state index contributed by atoms with van der Waals surface area (Å²) in [5.41, 5.74) is 9.35. The third kappa shape index (κ3) is 4.17. The number of nitrogens with zero attached hydrogens (tertiary/aromatic N) is 3. The van der Waals surface area contributed by atoms with Crippen molar-refractivity contribution in [2.24, 2.45) is 0 Å². The smallest absolute Gasteiger partial charge is 0.137 e. The molecule has 0 aliphatic heterocycles. The van der Waals surface area contributed by atoms with Crippen LogP contribution in [0.25, 0.3) is 82.3 Å². The second kappa shape index (κ2) is 10.3. The third-order valence-electron chi connectivity index (χ3n) is 9.95. The van der Waals surface area contributed by atoms with Gasteiger partial charge in [0.25, 0.3) is 0 Å². The van der Waals surface area contributed by atoms with Crippen molar-refractivity contribution in [1.29, 1.82) is 0 Å². The standard InChI is InChI=1S/C45H27N3O2/c1-3-9-31-23-41-38(21-29(31)7-1)36-18-16-34(25-43(36)49-41)48(33-14-12-28(13-15-33)40-27-47-20-6-5-11-45(47)46-40)35-17-19-37-39-22-30-8-2-4-10-32(30)24-42(39)50-44(37)26-35/h1-27H. The Labute approximate surface area is 285 Å². The van der Waals surface area contributed by atoms with E-state index in [-0.39, 0.29) is 0 Å². The summed E-state index contributed by atoms with van der Waals surface area (Å²) in [6, 6.07) is 53.2. The van der Waals surface area contributed by atoms with Gasteiger partial charge in [-0.3, -0.25) is 0 Å². The number of furan rings is 2. The Bertz CT molecular complexity index is 2920. The normalized spacial score (nSPS) is 12.0. The minimum absolute atomic E-state index is 0.843. The molecule has 0 aliphatic carbocycles. The van der Waals surface area contributed by atoms with Crippen LogP contribution in [0.5, 0.6) is 0 Å². The quantitative estimate of drug-likeness (QED) is 0.192. The SMILES string of the molecule is c1ccc2cc3c(cc2c1)oc1cc(N(c2ccc(-c4cn5ccccc5n4)cc2)c2ccc4c(c2)oc2cc5ccccc5cc24)ccc13. The largest absolute Gasteiger partial charge is 0.456 e. The van der Waals surface area contributed by atoms with Crippen LogP contribution >= 0.6 is 0 Å². The van der Waals surface area contributed by atoms with E-state index in [2.05, 4.69) is 145 Å². The summed E-state index contributed by atoms with van der Waals surface area (Å²) >= 11 is 0. The van der Waals surface area contributed by atoms with Crippen molar-refractivity contribution in [3.05, 3.63) is 164 Å². The number of hydrogen-bond acceptors (Lipinski definition) is 4. The lowest BCUT2D eigenvalue weighted by atomic mass is 10.0. The summed E-state index contributed by atoms with van der Waals surface area (Å²) in [5.74, 6) is 0. The van der Waals surface area contributed by atoms with Crippen LogP contribution in [0.2, 0.25) is 0 Å². The van der Waals surface area contributed by atoms with Gasteiger partial charge >= 0.3 is 0 Å². The van der Waals surface area contributed by atoms with Crippen molar-refractivity contribution in [1.82, 2.24) is 9.38 Å². The van der Waals surface area contributed by atoms with Gasteiger partial charge in [0.1, 0.15) is 28.0 Å².